The molecule has 3 atom stereocenters. The van der Waals surface area contributed by atoms with Crippen molar-refractivity contribution >= 4 is 0 Å². The molecule has 0 spiro atoms. The van der Waals surface area contributed by atoms with E-state index in [1.165, 1.54) is 18.6 Å². The minimum absolute atomic E-state index is 0.295. The van der Waals surface area contributed by atoms with E-state index in [2.05, 4.69) is 13.8 Å². The van der Waals surface area contributed by atoms with E-state index >= 15 is 0 Å². The highest BCUT2D eigenvalue weighted by Crippen LogP contribution is 2.39. The maximum absolute atomic E-state index is 13.7. The van der Waals surface area contributed by atoms with Gasteiger partial charge >= 0.3 is 0 Å². The van der Waals surface area contributed by atoms with Gasteiger partial charge in [-0.15, -0.1) is 0 Å². The van der Waals surface area contributed by atoms with Crippen molar-refractivity contribution in [3.8, 4) is 0 Å². The molecule has 0 aromatic heterocycles. The Morgan fingerprint density at radius 3 is 2.28 bits per heavy atom. The van der Waals surface area contributed by atoms with Crippen molar-refractivity contribution < 1.29 is 8.78 Å². The van der Waals surface area contributed by atoms with Crippen molar-refractivity contribution in [2.75, 3.05) is 0 Å². The molecule has 1 aromatic rings. The molecule has 3 heteroatoms. The molecule has 1 aliphatic rings. The molecule has 18 heavy (non-hydrogen) atoms. The average Bonchev–Trinajstić information content (AvgIpc) is 2.26. The lowest BCUT2D eigenvalue weighted by Gasteiger charge is -2.35. The van der Waals surface area contributed by atoms with Gasteiger partial charge in [-0.05, 0) is 43.1 Å². The molecule has 1 fully saturated rings. The van der Waals surface area contributed by atoms with Gasteiger partial charge in [0.1, 0.15) is 11.6 Å². The number of rotatable bonds is 2. The highest BCUT2D eigenvalue weighted by molar-refractivity contribution is 5.22. The summed E-state index contributed by atoms with van der Waals surface area (Å²) in [7, 11) is 0. The van der Waals surface area contributed by atoms with Crippen LogP contribution in [0.5, 0.6) is 0 Å². The predicted octanol–water partition coefficient (Wildman–Crippen LogP) is 4.04. The first-order chi connectivity index (χ1) is 8.47. The molecule has 1 saturated carbocycles. The maximum Gasteiger partial charge on any atom is 0.130 e. The van der Waals surface area contributed by atoms with Crippen molar-refractivity contribution in [3.05, 3.63) is 35.4 Å². The van der Waals surface area contributed by atoms with Crippen LogP contribution in [0.4, 0.5) is 8.78 Å². The Morgan fingerprint density at radius 1 is 1.11 bits per heavy atom. The number of hydrogen-bond acceptors (Lipinski definition) is 1. The van der Waals surface area contributed by atoms with Crippen molar-refractivity contribution in [2.45, 2.75) is 39.2 Å². The molecule has 3 unspecified atom stereocenters. The van der Waals surface area contributed by atoms with Gasteiger partial charge in [-0.25, -0.2) is 8.78 Å². The molecule has 1 aliphatic carbocycles. The number of nitrogens with two attached hydrogens (primary N) is 1. The molecule has 0 saturated heterocycles. The van der Waals surface area contributed by atoms with Crippen molar-refractivity contribution in [1.29, 1.82) is 0 Å². The Bertz CT molecular complexity index is 409. The van der Waals surface area contributed by atoms with Gasteiger partial charge in [0, 0.05) is 17.7 Å². The van der Waals surface area contributed by atoms with Crippen LogP contribution in [0, 0.1) is 29.4 Å². The van der Waals surface area contributed by atoms with E-state index in [-0.39, 0.29) is 6.04 Å². The van der Waals surface area contributed by atoms with E-state index in [9.17, 15) is 8.78 Å². The molecule has 1 aromatic carbocycles. The first-order valence-corrected chi connectivity index (χ1v) is 6.68. The molecule has 100 valence electrons. The second kappa shape index (κ2) is 5.35. The van der Waals surface area contributed by atoms with Crippen LogP contribution in [0.15, 0.2) is 18.2 Å². The van der Waals surface area contributed by atoms with Crippen molar-refractivity contribution in [3.63, 3.8) is 0 Å². The predicted molar refractivity (Wildman–Crippen MR) is 69.0 cm³/mol. The lowest BCUT2D eigenvalue weighted by Crippen LogP contribution is -2.29. The van der Waals surface area contributed by atoms with Gasteiger partial charge in [0.15, 0.2) is 0 Å². The van der Waals surface area contributed by atoms with E-state index in [0.29, 0.717) is 23.3 Å². The topological polar surface area (TPSA) is 26.0 Å². The Balaban J connectivity index is 2.17. The Labute approximate surface area is 107 Å². The summed E-state index contributed by atoms with van der Waals surface area (Å²) in [4.78, 5) is 0. The first-order valence-electron chi connectivity index (χ1n) is 6.68. The van der Waals surface area contributed by atoms with Crippen LogP contribution in [0.2, 0.25) is 0 Å². The summed E-state index contributed by atoms with van der Waals surface area (Å²) in [6.07, 6.45) is 3.28. The van der Waals surface area contributed by atoms with Crippen molar-refractivity contribution in [2.24, 2.45) is 23.5 Å². The fraction of sp³-hybridized carbons (Fsp3) is 0.600. The van der Waals surface area contributed by atoms with Crippen LogP contribution in [0.3, 0.4) is 0 Å². The van der Waals surface area contributed by atoms with E-state index in [0.717, 1.165) is 18.9 Å². The van der Waals surface area contributed by atoms with Gasteiger partial charge in [-0.2, -0.15) is 0 Å². The molecular weight excluding hydrogens is 232 g/mol. The van der Waals surface area contributed by atoms with Crippen LogP contribution < -0.4 is 5.73 Å². The van der Waals surface area contributed by atoms with Gasteiger partial charge in [-0.3, -0.25) is 0 Å². The Kier molecular flexibility index (Phi) is 4.00. The van der Waals surface area contributed by atoms with E-state index in [1.807, 2.05) is 0 Å². The summed E-state index contributed by atoms with van der Waals surface area (Å²) in [5.74, 6) is 0.493. The summed E-state index contributed by atoms with van der Waals surface area (Å²) in [6.45, 7) is 4.44. The minimum atomic E-state index is -0.547. The maximum atomic E-state index is 13.7. The van der Waals surface area contributed by atoms with Crippen LogP contribution in [-0.2, 0) is 0 Å². The summed E-state index contributed by atoms with van der Waals surface area (Å²) in [5, 5.41) is 0. The summed E-state index contributed by atoms with van der Waals surface area (Å²) in [6, 6.07) is 3.37. The van der Waals surface area contributed by atoms with E-state index in [1.54, 1.807) is 0 Å². The third-order valence-electron chi connectivity index (χ3n) is 4.04. The third kappa shape index (κ3) is 2.89. The van der Waals surface area contributed by atoms with Gasteiger partial charge in [0.25, 0.3) is 0 Å². The smallest absolute Gasteiger partial charge is 0.130 e. The normalized spacial score (nSPS) is 30.2. The van der Waals surface area contributed by atoms with Crippen LogP contribution >= 0.6 is 0 Å². The second-order valence-electron chi connectivity index (χ2n) is 5.87. The fourth-order valence-corrected chi connectivity index (χ4v) is 3.33. The highest BCUT2D eigenvalue weighted by atomic mass is 19.1. The Morgan fingerprint density at radius 2 is 1.72 bits per heavy atom. The summed E-state index contributed by atoms with van der Waals surface area (Å²) >= 11 is 0. The molecule has 0 heterocycles. The zero-order chi connectivity index (χ0) is 13.3. The largest absolute Gasteiger partial charge is 0.324 e. The average molecular weight is 253 g/mol. The Hall–Kier alpha value is -0.960. The molecule has 0 amide bonds. The third-order valence-corrected chi connectivity index (χ3v) is 4.04. The lowest BCUT2D eigenvalue weighted by molar-refractivity contribution is 0.191. The molecule has 2 rings (SSSR count). The fourth-order valence-electron chi connectivity index (χ4n) is 3.33. The SMILES string of the molecule is CC1CC(C)CC(C(N)c2ccc(F)cc2F)C1. The zero-order valence-corrected chi connectivity index (χ0v) is 11.0. The quantitative estimate of drug-likeness (QED) is 0.845. The van der Waals surface area contributed by atoms with Gasteiger partial charge in [0.05, 0.1) is 0 Å². The number of hydrogen-bond donors (Lipinski definition) is 1. The van der Waals surface area contributed by atoms with Gasteiger partial charge in [0.2, 0.25) is 0 Å². The van der Waals surface area contributed by atoms with Gasteiger partial charge in [-0.1, -0.05) is 19.9 Å². The van der Waals surface area contributed by atoms with E-state index < -0.39 is 11.6 Å². The van der Waals surface area contributed by atoms with E-state index in [4.69, 9.17) is 5.73 Å². The minimum Gasteiger partial charge on any atom is -0.324 e. The summed E-state index contributed by atoms with van der Waals surface area (Å²) < 4.78 is 26.6. The monoisotopic (exact) mass is 253 g/mol. The standard InChI is InChI=1S/C15H21F2N/c1-9-5-10(2)7-11(6-9)15(18)13-4-3-12(16)8-14(13)17/h3-4,8-11,15H,5-7,18H2,1-2H3. The molecule has 0 aliphatic heterocycles. The number of benzene rings is 1. The first kappa shape index (κ1) is 13.5. The molecule has 1 nitrogen and oxygen atoms in total. The molecule has 0 radical (unpaired) electrons. The molecular formula is C15H21F2N. The lowest BCUT2D eigenvalue weighted by atomic mass is 9.72. The second-order valence-corrected chi connectivity index (χ2v) is 5.87. The number of halogens is 2. The summed E-state index contributed by atoms with van der Waals surface area (Å²) in [5.41, 5.74) is 6.63. The molecule has 2 N–H and O–H groups in total. The zero-order valence-electron chi connectivity index (χ0n) is 11.0. The molecule has 0 bridgehead atoms. The van der Waals surface area contributed by atoms with Gasteiger partial charge < -0.3 is 5.73 Å². The van der Waals surface area contributed by atoms with Crippen molar-refractivity contribution in [1.82, 2.24) is 0 Å². The highest BCUT2D eigenvalue weighted by Gasteiger charge is 2.30. The van der Waals surface area contributed by atoms with Crippen LogP contribution in [0.25, 0.3) is 0 Å². The van der Waals surface area contributed by atoms with Crippen LogP contribution in [-0.4, -0.2) is 0 Å². The van der Waals surface area contributed by atoms with Crippen LogP contribution in [0.1, 0.15) is 44.7 Å².